The third-order valence-electron chi connectivity index (χ3n) is 3.24. The van der Waals surface area contributed by atoms with Crippen molar-refractivity contribution < 1.29 is 18.3 Å². The SMILES string of the molecule is O[C@H]1CCCN(c2cc(C(F)(F)F)nc3ncnn23)C1. The Morgan fingerprint density at radius 2 is 2.15 bits per heavy atom. The molecule has 0 amide bonds. The molecule has 2 aromatic rings. The van der Waals surface area contributed by atoms with E-state index in [0.717, 1.165) is 12.4 Å². The fourth-order valence-electron chi connectivity index (χ4n) is 2.33. The molecule has 0 unspecified atom stereocenters. The van der Waals surface area contributed by atoms with Crippen LogP contribution in [0.2, 0.25) is 0 Å². The van der Waals surface area contributed by atoms with E-state index in [-0.39, 0.29) is 18.1 Å². The van der Waals surface area contributed by atoms with Crippen molar-refractivity contribution in [2.45, 2.75) is 25.1 Å². The molecule has 0 bridgehead atoms. The molecule has 1 saturated heterocycles. The highest BCUT2D eigenvalue weighted by Crippen LogP contribution is 2.31. The van der Waals surface area contributed by atoms with E-state index in [4.69, 9.17) is 0 Å². The second kappa shape index (κ2) is 4.58. The van der Waals surface area contributed by atoms with Crippen LogP contribution < -0.4 is 4.90 Å². The van der Waals surface area contributed by atoms with Gasteiger partial charge in [-0.05, 0) is 12.8 Å². The monoisotopic (exact) mass is 287 g/mol. The number of hydrogen-bond acceptors (Lipinski definition) is 5. The van der Waals surface area contributed by atoms with Gasteiger partial charge >= 0.3 is 6.18 Å². The summed E-state index contributed by atoms with van der Waals surface area (Å²) in [5.41, 5.74) is -1.01. The molecule has 0 spiro atoms. The zero-order chi connectivity index (χ0) is 14.3. The van der Waals surface area contributed by atoms with E-state index in [0.29, 0.717) is 19.4 Å². The number of anilines is 1. The second-order valence-corrected chi connectivity index (χ2v) is 4.71. The number of halogens is 3. The molecular formula is C11H12F3N5O. The summed E-state index contributed by atoms with van der Waals surface area (Å²) in [7, 11) is 0. The molecule has 1 aliphatic rings. The Labute approximate surface area is 111 Å². The van der Waals surface area contributed by atoms with E-state index in [1.54, 1.807) is 4.90 Å². The first-order valence-corrected chi connectivity index (χ1v) is 6.16. The standard InChI is InChI=1S/C11H12F3N5O/c12-11(13,14)8-4-9(18-3-1-2-7(20)5-18)19-10(17-8)15-6-16-19/h4,6-7,20H,1-3,5H2/t7-/m0/s1. The van der Waals surface area contributed by atoms with Gasteiger partial charge in [-0.25, -0.2) is 4.98 Å². The fourth-order valence-corrected chi connectivity index (χ4v) is 2.33. The summed E-state index contributed by atoms with van der Waals surface area (Å²) in [4.78, 5) is 8.85. The van der Waals surface area contributed by atoms with Gasteiger partial charge in [0, 0.05) is 19.2 Å². The summed E-state index contributed by atoms with van der Waals surface area (Å²) in [5.74, 6) is 0.147. The van der Waals surface area contributed by atoms with E-state index in [1.165, 1.54) is 4.52 Å². The first-order valence-electron chi connectivity index (χ1n) is 6.16. The summed E-state index contributed by atoms with van der Waals surface area (Å²) in [6, 6.07) is 0.944. The fraction of sp³-hybridized carbons (Fsp3) is 0.545. The largest absolute Gasteiger partial charge is 0.433 e. The predicted molar refractivity (Wildman–Crippen MR) is 63.2 cm³/mol. The van der Waals surface area contributed by atoms with Gasteiger partial charge in [0.15, 0.2) is 5.69 Å². The van der Waals surface area contributed by atoms with Crippen LogP contribution in [-0.2, 0) is 6.18 Å². The minimum Gasteiger partial charge on any atom is -0.391 e. The minimum absolute atomic E-state index is 0.102. The van der Waals surface area contributed by atoms with Crippen molar-refractivity contribution in [1.29, 1.82) is 0 Å². The van der Waals surface area contributed by atoms with Gasteiger partial charge in [-0.3, -0.25) is 0 Å². The first kappa shape index (κ1) is 13.1. The summed E-state index contributed by atoms with van der Waals surface area (Å²) in [5, 5.41) is 13.6. The van der Waals surface area contributed by atoms with Gasteiger partial charge in [-0.1, -0.05) is 0 Å². The lowest BCUT2D eigenvalue weighted by Crippen LogP contribution is -2.39. The highest BCUT2D eigenvalue weighted by molar-refractivity contribution is 5.48. The lowest BCUT2D eigenvalue weighted by Gasteiger charge is -2.31. The summed E-state index contributed by atoms with van der Waals surface area (Å²) >= 11 is 0. The van der Waals surface area contributed by atoms with Crippen molar-refractivity contribution in [2.24, 2.45) is 0 Å². The number of nitrogens with zero attached hydrogens (tertiary/aromatic N) is 5. The van der Waals surface area contributed by atoms with Gasteiger partial charge in [0.2, 0.25) is 0 Å². The maximum absolute atomic E-state index is 12.9. The minimum atomic E-state index is -4.54. The molecule has 1 fully saturated rings. The average molecular weight is 287 g/mol. The molecule has 6 nitrogen and oxygen atoms in total. The molecule has 1 atom stereocenters. The lowest BCUT2D eigenvalue weighted by atomic mass is 10.1. The van der Waals surface area contributed by atoms with Gasteiger partial charge in [-0.2, -0.15) is 27.8 Å². The zero-order valence-electron chi connectivity index (χ0n) is 10.4. The van der Waals surface area contributed by atoms with Crippen LogP contribution in [0.25, 0.3) is 5.78 Å². The summed E-state index contributed by atoms with van der Waals surface area (Å²) in [6.07, 6.45) is -2.58. The van der Waals surface area contributed by atoms with Gasteiger partial charge in [0.1, 0.15) is 12.1 Å². The van der Waals surface area contributed by atoms with E-state index in [2.05, 4.69) is 15.1 Å². The van der Waals surface area contributed by atoms with Crippen molar-refractivity contribution in [3.63, 3.8) is 0 Å². The van der Waals surface area contributed by atoms with Crippen molar-refractivity contribution in [2.75, 3.05) is 18.0 Å². The number of hydrogen-bond donors (Lipinski definition) is 1. The number of piperidine rings is 1. The first-order chi connectivity index (χ1) is 9.45. The molecule has 0 aliphatic carbocycles. The number of rotatable bonds is 1. The maximum Gasteiger partial charge on any atom is 0.433 e. The van der Waals surface area contributed by atoms with Gasteiger partial charge in [-0.15, -0.1) is 0 Å². The Morgan fingerprint density at radius 3 is 2.85 bits per heavy atom. The highest BCUT2D eigenvalue weighted by atomic mass is 19.4. The Hall–Kier alpha value is -1.90. The van der Waals surface area contributed by atoms with Crippen LogP contribution >= 0.6 is 0 Å². The van der Waals surface area contributed by atoms with E-state index in [9.17, 15) is 18.3 Å². The number of β-amino-alcohol motifs (C(OH)–C–C–N with tert-alkyl or cyclic N) is 1. The molecule has 0 saturated carbocycles. The summed E-state index contributed by atoms with van der Waals surface area (Å²) < 4.78 is 39.8. The molecule has 1 N–H and O–H groups in total. The van der Waals surface area contributed by atoms with Crippen LogP contribution in [0.4, 0.5) is 19.0 Å². The van der Waals surface area contributed by atoms with Crippen LogP contribution in [0.5, 0.6) is 0 Å². The maximum atomic E-state index is 12.9. The predicted octanol–water partition coefficient (Wildman–Crippen LogP) is 1.10. The van der Waals surface area contributed by atoms with Crippen LogP contribution in [0, 0.1) is 0 Å². The van der Waals surface area contributed by atoms with Crippen molar-refractivity contribution in [3.8, 4) is 0 Å². The van der Waals surface area contributed by atoms with Crippen LogP contribution in [0.3, 0.4) is 0 Å². The molecule has 2 aromatic heterocycles. The molecule has 0 aromatic carbocycles. The topological polar surface area (TPSA) is 66.5 Å². The molecule has 1 aliphatic heterocycles. The zero-order valence-corrected chi connectivity index (χ0v) is 10.4. The number of aromatic nitrogens is 4. The molecular weight excluding hydrogens is 275 g/mol. The number of aliphatic hydroxyl groups is 1. The average Bonchev–Trinajstić information content (AvgIpc) is 2.84. The Morgan fingerprint density at radius 1 is 1.35 bits per heavy atom. The lowest BCUT2D eigenvalue weighted by molar-refractivity contribution is -0.141. The van der Waals surface area contributed by atoms with Gasteiger partial charge in [0.25, 0.3) is 5.78 Å². The third kappa shape index (κ3) is 2.28. The molecule has 3 heterocycles. The Kier molecular flexibility index (Phi) is 3.00. The quantitative estimate of drug-likeness (QED) is 0.851. The molecule has 0 radical (unpaired) electrons. The number of fused-ring (bicyclic) bond motifs is 1. The molecule has 108 valence electrons. The highest BCUT2D eigenvalue weighted by Gasteiger charge is 2.35. The molecule has 9 heteroatoms. The number of alkyl halides is 3. The normalized spacial score (nSPS) is 20.6. The van der Waals surface area contributed by atoms with Gasteiger partial charge < -0.3 is 10.0 Å². The van der Waals surface area contributed by atoms with E-state index < -0.39 is 18.0 Å². The number of aliphatic hydroxyl groups excluding tert-OH is 1. The van der Waals surface area contributed by atoms with Crippen LogP contribution in [0.15, 0.2) is 12.4 Å². The van der Waals surface area contributed by atoms with E-state index in [1.807, 2.05) is 0 Å². The third-order valence-corrected chi connectivity index (χ3v) is 3.24. The van der Waals surface area contributed by atoms with Crippen LogP contribution in [-0.4, -0.2) is 43.9 Å². The second-order valence-electron chi connectivity index (χ2n) is 4.71. The van der Waals surface area contributed by atoms with Crippen molar-refractivity contribution in [1.82, 2.24) is 19.6 Å². The van der Waals surface area contributed by atoms with Crippen molar-refractivity contribution >= 4 is 11.6 Å². The van der Waals surface area contributed by atoms with Crippen LogP contribution in [0.1, 0.15) is 18.5 Å². The van der Waals surface area contributed by atoms with E-state index >= 15 is 0 Å². The Bertz CT molecular complexity index is 626. The smallest absolute Gasteiger partial charge is 0.391 e. The Balaban J connectivity index is 2.10. The summed E-state index contributed by atoms with van der Waals surface area (Å²) in [6.45, 7) is 0.837. The van der Waals surface area contributed by atoms with Crippen molar-refractivity contribution in [3.05, 3.63) is 18.1 Å². The molecule has 20 heavy (non-hydrogen) atoms. The molecule has 3 rings (SSSR count). The van der Waals surface area contributed by atoms with Gasteiger partial charge in [0.05, 0.1) is 6.10 Å².